The second kappa shape index (κ2) is 6.15. The molecule has 1 saturated carbocycles. The van der Waals surface area contributed by atoms with Crippen LogP contribution in [0.3, 0.4) is 0 Å². The van der Waals surface area contributed by atoms with Gasteiger partial charge in [-0.2, -0.15) is 0 Å². The van der Waals surface area contributed by atoms with Crippen LogP contribution >= 0.6 is 0 Å². The highest BCUT2D eigenvalue weighted by molar-refractivity contribution is 5.76. The van der Waals surface area contributed by atoms with Crippen molar-refractivity contribution < 1.29 is 19.2 Å². The molecule has 21 heavy (non-hydrogen) atoms. The molecule has 0 saturated heterocycles. The van der Waals surface area contributed by atoms with Crippen LogP contribution < -0.4 is 10.6 Å². The predicted molar refractivity (Wildman–Crippen MR) is 74.8 cm³/mol. The molecule has 2 atom stereocenters. The number of carbonyl (C=O) groups excluding carboxylic acids is 1. The molecule has 1 fully saturated rings. The molecule has 0 radical (unpaired) electrons. The van der Waals surface area contributed by atoms with Gasteiger partial charge in [-0.3, -0.25) is 4.79 Å². The average Bonchev–Trinajstić information content (AvgIpc) is 3.14. The van der Waals surface area contributed by atoms with Gasteiger partial charge in [0.15, 0.2) is 0 Å². The van der Waals surface area contributed by atoms with E-state index in [1.807, 2.05) is 13.8 Å². The lowest BCUT2D eigenvalue weighted by Gasteiger charge is -2.19. The Balaban J connectivity index is 1.92. The van der Waals surface area contributed by atoms with Crippen molar-refractivity contribution in [1.29, 1.82) is 0 Å². The first kappa shape index (κ1) is 15.3. The highest BCUT2D eigenvalue weighted by Crippen LogP contribution is 2.34. The van der Waals surface area contributed by atoms with E-state index in [9.17, 15) is 9.59 Å². The van der Waals surface area contributed by atoms with Gasteiger partial charge in [-0.15, -0.1) is 0 Å². The van der Waals surface area contributed by atoms with Crippen LogP contribution in [0.25, 0.3) is 0 Å². The van der Waals surface area contributed by atoms with Gasteiger partial charge in [0.05, 0.1) is 18.2 Å². The van der Waals surface area contributed by atoms with Crippen LogP contribution in [0.4, 0.5) is 4.79 Å². The average molecular weight is 295 g/mol. The number of aryl methyl sites for hydroxylation is 2. The zero-order chi connectivity index (χ0) is 15.6. The summed E-state index contributed by atoms with van der Waals surface area (Å²) in [5.41, 5.74) is 1.59. The van der Waals surface area contributed by atoms with Crippen LogP contribution in [0, 0.1) is 19.8 Å². The number of hydrogen-bond acceptors (Lipinski definition) is 4. The van der Waals surface area contributed by atoms with Crippen molar-refractivity contribution in [2.45, 2.75) is 52.1 Å². The van der Waals surface area contributed by atoms with Gasteiger partial charge in [0.2, 0.25) is 0 Å². The summed E-state index contributed by atoms with van der Waals surface area (Å²) in [6.07, 6.45) is 1.90. The summed E-state index contributed by atoms with van der Waals surface area (Å²) in [5, 5.41) is 18.3. The number of amides is 2. The Labute approximate surface area is 123 Å². The molecule has 1 aromatic rings. The summed E-state index contributed by atoms with van der Waals surface area (Å²) in [4.78, 5) is 22.9. The molecule has 7 heteroatoms. The van der Waals surface area contributed by atoms with E-state index in [-0.39, 0.29) is 30.5 Å². The lowest BCUT2D eigenvalue weighted by Crippen LogP contribution is -2.45. The minimum Gasteiger partial charge on any atom is -0.481 e. The molecule has 2 amide bonds. The lowest BCUT2D eigenvalue weighted by atomic mass is 10.1. The van der Waals surface area contributed by atoms with Crippen LogP contribution in [0.1, 0.15) is 49.2 Å². The fourth-order valence-electron chi connectivity index (χ4n) is 2.61. The monoisotopic (exact) mass is 295 g/mol. The summed E-state index contributed by atoms with van der Waals surface area (Å²) in [6, 6.07) is -0.916. The molecule has 2 rings (SSSR count). The minimum atomic E-state index is -0.897. The predicted octanol–water partition coefficient (Wildman–Crippen LogP) is 1.90. The molecule has 3 N–H and O–H groups in total. The molecule has 0 spiro atoms. The largest absolute Gasteiger partial charge is 0.481 e. The number of carboxylic acids is 1. The number of nitrogens with one attached hydrogen (secondary N) is 2. The van der Waals surface area contributed by atoms with Crippen LogP contribution in [0.15, 0.2) is 4.52 Å². The molecule has 0 aliphatic heterocycles. The summed E-state index contributed by atoms with van der Waals surface area (Å²) in [6.45, 7) is 5.46. The van der Waals surface area contributed by atoms with E-state index >= 15 is 0 Å². The number of rotatable bonds is 6. The van der Waals surface area contributed by atoms with E-state index in [1.165, 1.54) is 0 Å². The van der Waals surface area contributed by atoms with Gasteiger partial charge in [-0.05, 0) is 39.5 Å². The number of aliphatic carboxylic acids is 1. The molecule has 0 bridgehead atoms. The molecule has 1 heterocycles. The fourth-order valence-corrected chi connectivity index (χ4v) is 2.61. The molecule has 7 nitrogen and oxygen atoms in total. The highest BCUT2D eigenvalue weighted by Gasteiger charge is 2.34. The van der Waals surface area contributed by atoms with E-state index < -0.39 is 5.97 Å². The van der Waals surface area contributed by atoms with Crippen molar-refractivity contribution in [3.05, 3.63) is 17.0 Å². The van der Waals surface area contributed by atoms with E-state index in [0.29, 0.717) is 5.76 Å². The Morgan fingerprint density at radius 3 is 2.52 bits per heavy atom. The summed E-state index contributed by atoms with van der Waals surface area (Å²) in [7, 11) is 0. The van der Waals surface area contributed by atoms with Gasteiger partial charge < -0.3 is 20.3 Å². The van der Waals surface area contributed by atoms with Gasteiger partial charge in [0.1, 0.15) is 5.76 Å². The Kier molecular flexibility index (Phi) is 4.50. The van der Waals surface area contributed by atoms with Gasteiger partial charge in [0.25, 0.3) is 0 Å². The molecule has 0 aromatic carbocycles. The second-order valence-corrected chi connectivity index (χ2v) is 5.62. The molecular weight excluding hydrogens is 274 g/mol. The smallest absolute Gasteiger partial charge is 0.315 e. The Morgan fingerprint density at radius 2 is 2.05 bits per heavy atom. The first-order valence-electron chi connectivity index (χ1n) is 7.10. The second-order valence-electron chi connectivity index (χ2n) is 5.62. The van der Waals surface area contributed by atoms with Crippen molar-refractivity contribution >= 4 is 12.0 Å². The Hall–Kier alpha value is -2.05. The first-order valence-corrected chi connectivity index (χ1v) is 7.10. The fraction of sp³-hybridized carbons (Fsp3) is 0.643. The number of nitrogens with zero attached hydrogens (tertiary/aromatic N) is 1. The molecule has 1 aliphatic carbocycles. The third-order valence-corrected chi connectivity index (χ3v) is 3.77. The number of hydrogen-bond donors (Lipinski definition) is 3. The van der Waals surface area contributed by atoms with Crippen molar-refractivity contribution in [1.82, 2.24) is 15.8 Å². The molecule has 2 unspecified atom stereocenters. The van der Waals surface area contributed by atoms with Gasteiger partial charge in [0, 0.05) is 11.6 Å². The van der Waals surface area contributed by atoms with Crippen molar-refractivity contribution in [3.63, 3.8) is 0 Å². The first-order chi connectivity index (χ1) is 9.88. The Morgan fingerprint density at radius 1 is 1.38 bits per heavy atom. The van der Waals surface area contributed by atoms with Crippen LogP contribution in [0.2, 0.25) is 0 Å². The standard InChI is InChI=1S/C14H21N3O4/c1-7(13-8(2)17-21-9(13)3)15-14(20)16-11(6-12(18)19)10-4-5-10/h7,10-11H,4-6H2,1-3H3,(H,18,19)(H2,15,16,20). The molecule has 116 valence electrons. The normalized spacial score (nSPS) is 17.1. The van der Waals surface area contributed by atoms with E-state index in [0.717, 1.165) is 24.1 Å². The molecule has 1 aliphatic rings. The van der Waals surface area contributed by atoms with E-state index in [2.05, 4.69) is 15.8 Å². The highest BCUT2D eigenvalue weighted by atomic mass is 16.5. The molecular formula is C14H21N3O4. The van der Waals surface area contributed by atoms with E-state index in [1.54, 1.807) is 6.92 Å². The number of carbonyl (C=O) groups is 2. The quantitative estimate of drug-likeness (QED) is 0.743. The maximum atomic E-state index is 12.0. The van der Waals surface area contributed by atoms with Gasteiger partial charge in [-0.1, -0.05) is 5.16 Å². The minimum absolute atomic E-state index is 0.0439. The zero-order valence-corrected chi connectivity index (χ0v) is 12.5. The summed E-state index contributed by atoms with van der Waals surface area (Å²) >= 11 is 0. The van der Waals surface area contributed by atoms with Crippen molar-refractivity contribution in [2.75, 3.05) is 0 Å². The van der Waals surface area contributed by atoms with Crippen LogP contribution in [-0.2, 0) is 4.79 Å². The van der Waals surface area contributed by atoms with Crippen molar-refractivity contribution in [2.24, 2.45) is 5.92 Å². The number of urea groups is 1. The summed E-state index contributed by atoms with van der Waals surface area (Å²) in [5.74, 6) is 0.0526. The maximum absolute atomic E-state index is 12.0. The third kappa shape index (κ3) is 3.96. The Bertz CT molecular complexity index is 517. The van der Waals surface area contributed by atoms with Crippen LogP contribution in [-0.4, -0.2) is 28.3 Å². The summed E-state index contributed by atoms with van der Waals surface area (Å²) < 4.78 is 5.08. The molecule has 1 aromatic heterocycles. The zero-order valence-electron chi connectivity index (χ0n) is 12.5. The lowest BCUT2D eigenvalue weighted by molar-refractivity contribution is -0.137. The third-order valence-electron chi connectivity index (χ3n) is 3.77. The van der Waals surface area contributed by atoms with Gasteiger partial charge in [-0.25, -0.2) is 4.79 Å². The van der Waals surface area contributed by atoms with Gasteiger partial charge >= 0.3 is 12.0 Å². The van der Waals surface area contributed by atoms with E-state index in [4.69, 9.17) is 9.63 Å². The number of aromatic nitrogens is 1. The van der Waals surface area contributed by atoms with Crippen molar-refractivity contribution in [3.8, 4) is 0 Å². The van der Waals surface area contributed by atoms with Crippen LogP contribution in [0.5, 0.6) is 0 Å². The maximum Gasteiger partial charge on any atom is 0.315 e. The SMILES string of the molecule is Cc1noc(C)c1C(C)NC(=O)NC(CC(=O)O)C1CC1. The number of carboxylic acid groups (broad SMARTS) is 1. The topological polar surface area (TPSA) is 104 Å².